The van der Waals surface area contributed by atoms with Crippen molar-refractivity contribution in [2.45, 2.75) is 44.5 Å². The number of amides is 2. The summed E-state index contributed by atoms with van der Waals surface area (Å²) in [4.78, 5) is 38.9. The summed E-state index contributed by atoms with van der Waals surface area (Å²) in [7, 11) is 0. The van der Waals surface area contributed by atoms with E-state index in [1.165, 1.54) is 36.0 Å². The zero-order valence-corrected chi connectivity index (χ0v) is 17.5. The second kappa shape index (κ2) is 9.72. The van der Waals surface area contributed by atoms with E-state index >= 15 is 0 Å². The van der Waals surface area contributed by atoms with E-state index < -0.39 is 16.7 Å². The van der Waals surface area contributed by atoms with Crippen LogP contribution in [0.15, 0.2) is 29.4 Å². The second-order valence-electron chi connectivity index (χ2n) is 6.91. The molecule has 0 aliphatic carbocycles. The molecule has 30 heavy (non-hydrogen) atoms. The van der Waals surface area contributed by atoms with Gasteiger partial charge in [0.25, 0.3) is 11.6 Å². The Bertz CT molecular complexity index is 938. The van der Waals surface area contributed by atoms with Gasteiger partial charge >= 0.3 is 0 Å². The van der Waals surface area contributed by atoms with E-state index in [9.17, 15) is 19.7 Å². The molecular weight excluding hydrogens is 410 g/mol. The SMILES string of the molecule is Cc1nc(SCC(=O)NNC(=O)c2ccc([N+](=O)[O-])cc2)n(CC2CCCO2)c1C. The third kappa shape index (κ3) is 5.36. The van der Waals surface area contributed by atoms with Gasteiger partial charge in [-0.25, -0.2) is 4.98 Å². The van der Waals surface area contributed by atoms with Crippen molar-refractivity contribution in [3.8, 4) is 0 Å². The number of hydrogen-bond donors (Lipinski definition) is 2. The molecule has 2 heterocycles. The van der Waals surface area contributed by atoms with E-state index in [-0.39, 0.29) is 23.1 Å². The van der Waals surface area contributed by atoms with Crippen molar-refractivity contribution in [3.05, 3.63) is 51.3 Å². The minimum absolute atomic E-state index is 0.0714. The molecule has 2 aromatic rings. The van der Waals surface area contributed by atoms with E-state index in [1.54, 1.807) is 0 Å². The number of hydrogen-bond acceptors (Lipinski definition) is 7. The second-order valence-corrected chi connectivity index (χ2v) is 7.85. The molecule has 10 nitrogen and oxygen atoms in total. The van der Waals surface area contributed by atoms with Crippen LogP contribution in [0.4, 0.5) is 5.69 Å². The quantitative estimate of drug-likeness (QED) is 0.389. The number of aromatic nitrogens is 2. The maximum atomic E-state index is 12.1. The Labute approximate surface area is 177 Å². The van der Waals surface area contributed by atoms with Gasteiger partial charge in [-0.15, -0.1) is 0 Å². The minimum Gasteiger partial charge on any atom is -0.376 e. The number of imidazole rings is 1. The van der Waals surface area contributed by atoms with Gasteiger partial charge in [0.05, 0.1) is 29.0 Å². The van der Waals surface area contributed by atoms with Crippen molar-refractivity contribution < 1.29 is 19.2 Å². The van der Waals surface area contributed by atoms with Gasteiger partial charge in [0.2, 0.25) is 5.91 Å². The number of carbonyl (C=O) groups is 2. The van der Waals surface area contributed by atoms with Crippen molar-refractivity contribution in [1.82, 2.24) is 20.4 Å². The van der Waals surface area contributed by atoms with Crippen LogP contribution in [-0.4, -0.2) is 44.8 Å². The molecule has 1 aliphatic heterocycles. The summed E-state index contributed by atoms with van der Waals surface area (Å²) in [5.74, 6) is -0.880. The molecule has 11 heteroatoms. The lowest BCUT2D eigenvalue weighted by Crippen LogP contribution is -2.42. The molecule has 1 atom stereocenters. The Balaban J connectivity index is 1.51. The van der Waals surface area contributed by atoms with Gasteiger partial charge in [-0.05, 0) is 38.8 Å². The zero-order chi connectivity index (χ0) is 21.7. The Morgan fingerprint density at radius 1 is 1.30 bits per heavy atom. The molecule has 0 radical (unpaired) electrons. The van der Waals surface area contributed by atoms with Crippen molar-refractivity contribution in [2.75, 3.05) is 12.4 Å². The van der Waals surface area contributed by atoms with Crippen LogP contribution in [0.5, 0.6) is 0 Å². The number of nitro benzene ring substituents is 1. The number of benzene rings is 1. The van der Waals surface area contributed by atoms with E-state index in [0.29, 0.717) is 6.54 Å². The lowest BCUT2D eigenvalue weighted by molar-refractivity contribution is -0.384. The van der Waals surface area contributed by atoms with Crippen molar-refractivity contribution in [1.29, 1.82) is 0 Å². The van der Waals surface area contributed by atoms with Crippen LogP contribution in [0, 0.1) is 24.0 Å². The maximum Gasteiger partial charge on any atom is 0.269 e. The number of rotatable bonds is 7. The van der Waals surface area contributed by atoms with Gasteiger partial charge in [0, 0.05) is 30.0 Å². The summed E-state index contributed by atoms with van der Waals surface area (Å²) in [6.07, 6.45) is 2.22. The van der Waals surface area contributed by atoms with Gasteiger partial charge in [-0.3, -0.25) is 30.6 Å². The highest BCUT2D eigenvalue weighted by Crippen LogP contribution is 2.24. The van der Waals surface area contributed by atoms with Gasteiger partial charge in [-0.1, -0.05) is 11.8 Å². The Kier molecular flexibility index (Phi) is 7.06. The highest BCUT2D eigenvalue weighted by atomic mass is 32.2. The molecule has 160 valence electrons. The van der Waals surface area contributed by atoms with Gasteiger partial charge in [0.15, 0.2) is 5.16 Å². The molecule has 1 fully saturated rings. The van der Waals surface area contributed by atoms with E-state index in [0.717, 1.165) is 36.0 Å². The molecule has 2 amide bonds. The third-order valence-electron chi connectivity index (χ3n) is 4.82. The molecule has 1 saturated heterocycles. The first kappa shape index (κ1) is 21.8. The number of ether oxygens (including phenoxy) is 1. The minimum atomic E-state index is -0.560. The average Bonchev–Trinajstić information content (AvgIpc) is 3.34. The summed E-state index contributed by atoms with van der Waals surface area (Å²) in [5, 5.41) is 11.4. The van der Waals surface area contributed by atoms with Crippen molar-refractivity contribution in [2.24, 2.45) is 0 Å². The number of carbonyl (C=O) groups excluding carboxylic acids is 2. The van der Waals surface area contributed by atoms with Crippen molar-refractivity contribution >= 4 is 29.3 Å². The third-order valence-corrected chi connectivity index (χ3v) is 5.80. The number of thioether (sulfide) groups is 1. The Morgan fingerprint density at radius 3 is 2.67 bits per heavy atom. The monoisotopic (exact) mass is 433 g/mol. The fraction of sp³-hybridized carbons (Fsp3) is 0.421. The summed E-state index contributed by atoms with van der Waals surface area (Å²) in [5.41, 5.74) is 6.69. The molecule has 0 spiro atoms. The summed E-state index contributed by atoms with van der Waals surface area (Å²) < 4.78 is 7.78. The zero-order valence-electron chi connectivity index (χ0n) is 16.7. The lowest BCUT2D eigenvalue weighted by Gasteiger charge is -2.14. The van der Waals surface area contributed by atoms with Crippen LogP contribution >= 0.6 is 11.8 Å². The molecular formula is C19H23N5O5S. The molecule has 1 unspecified atom stereocenters. The van der Waals surface area contributed by atoms with Crippen LogP contribution in [0.3, 0.4) is 0 Å². The average molecular weight is 433 g/mol. The van der Waals surface area contributed by atoms with Gasteiger partial charge in [0.1, 0.15) is 0 Å². The number of aryl methyl sites for hydroxylation is 1. The number of nitro groups is 1. The van der Waals surface area contributed by atoms with Crippen LogP contribution in [0.25, 0.3) is 0 Å². The molecule has 0 bridgehead atoms. The first-order chi connectivity index (χ1) is 14.3. The number of hydrazine groups is 1. The maximum absolute atomic E-state index is 12.1. The molecule has 1 aromatic heterocycles. The standard InChI is InChI=1S/C19H23N5O5S/c1-12-13(2)23(10-16-4-3-9-29-16)19(20-12)30-11-17(25)21-22-18(26)14-5-7-15(8-6-14)24(27)28/h5-8,16H,3-4,9-11H2,1-2H3,(H,21,25)(H,22,26). The predicted octanol–water partition coefficient (Wildman–Crippen LogP) is 2.14. The van der Waals surface area contributed by atoms with Gasteiger partial charge in [-0.2, -0.15) is 0 Å². The molecule has 0 saturated carbocycles. The predicted molar refractivity (Wildman–Crippen MR) is 110 cm³/mol. The highest BCUT2D eigenvalue weighted by molar-refractivity contribution is 7.99. The number of nitrogens with zero attached hydrogens (tertiary/aromatic N) is 3. The topological polar surface area (TPSA) is 128 Å². The normalized spacial score (nSPS) is 15.7. The van der Waals surface area contributed by atoms with E-state index in [4.69, 9.17) is 4.74 Å². The summed E-state index contributed by atoms with van der Waals surface area (Å²) in [6, 6.07) is 5.10. The Morgan fingerprint density at radius 2 is 2.03 bits per heavy atom. The van der Waals surface area contributed by atoms with Gasteiger partial charge < -0.3 is 9.30 Å². The molecule has 2 N–H and O–H groups in total. The number of nitrogens with one attached hydrogen (secondary N) is 2. The smallest absolute Gasteiger partial charge is 0.269 e. The van der Waals surface area contributed by atoms with Crippen molar-refractivity contribution in [3.63, 3.8) is 0 Å². The summed E-state index contributed by atoms with van der Waals surface area (Å²) in [6.45, 7) is 5.39. The first-order valence-corrected chi connectivity index (χ1v) is 10.5. The largest absolute Gasteiger partial charge is 0.376 e. The molecule has 1 aliphatic rings. The van der Waals surface area contributed by atoms with E-state index in [1.807, 2.05) is 13.8 Å². The van der Waals surface area contributed by atoms with E-state index in [2.05, 4.69) is 20.4 Å². The van der Waals surface area contributed by atoms with Crippen LogP contribution in [0.2, 0.25) is 0 Å². The fourth-order valence-electron chi connectivity index (χ4n) is 3.04. The van der Waals surface area contributed by atoms with Crippen LogP contribution < -0.4 is 10.9 Å². The van der Waals surface area contributed by atoms with Crippen LogP contribution in [0.1, 0.15) is 34.6 Å². The first-order valence-electron chi connectivity index (χ1n) is 9.47. The molecule has 1 aromatic carbocycles. The Hall–Kier alpha value is -2.92. The number of non-ortho nitro benzene ring substituents is 1. The molecule has 3 rings (SSSR count). The highest BCUT2D eigenvalue weighted by Gasteiger charge is 2.21. The summed E-state index contributed by atoms with van der Waals surface area (Å²) >= 11 is 1.28. The lowest BCUT2D eigenvalue weighted by atomic mass is 10.2. The van der Waals surface area contributed by atoms with Crippen LogP contribution in [-0.2, 0) is 16.1 Å². The fourth-order valence-corrected chi connectivity index (χ4v) is 3.94.